The molecule has 17 heavy (non-hydrogen) atoms. The lowest BCUT2D eigenvalue weighted by atomic mass is 9.94. The van der Waals surface area contributed by atoms with Crippen molar-refractivity contribution in [2.75, 3.05) is 0 Å². The predicted molar refractivity (Wildman–Crippen MR) is 65.3 cm³/mol. The van der Waals surface area contributed by atoms with Gasteiger partial charge in [-0.15, -0.1) is 0 Å². The maximum atomic E-state index is 10.00. The van der Waals surface area contributed by atoms with E-state index in [2.05, 4.69) is 0 Å². The van der Waals surface area contributed by atoms with Gasteiger partial charge in [-0.25, -0.2) is 0 Å². The Balaban J connectivity index is 2.32. The third kappa shape index (κ3) is 1.39. The number of rotatable bonds is 1. The van der Waals surface area contributed by atoms with Gasteiger partial charge in [-0.1, -0.05) is 31.2 Å². The maximum Gasteiger partial charge on any atom is 0.204 e. The van der Waals surface area contributed by atoms with E-state index < -0.39 is 6.29 Å². The molecule has 2 N–H and O–H groups in total. The molecule has 1 aliphatic rings. The number of benzene rings is 2. The van der Waals surface area contributed by atoms with Gasteiger partial charge < -0.3 is 14.9 Å². The first-order valence-electron chi connectivity index (χ1n) is 5.81. The van der Waals surface area contributed by atoms with Gasteiger partial charge in [-0.05, 0) is 12.5 Å². The van der Waals surface area contributed by atoms with Gasteiger partial charge in [0, 0.05) is 22.3 Å². The van der Waals surface area contributed by atoms with Gasteiger partial charge >= 0.3 is 0 Å². The third-order valence-corrected chi connectivity index (χ3v) is 3.42. The molecule has 2 aromatic rings. The fourth-order valence-corrected chi connectivity index (χ4v) is 2.54. The normalized spacial score (nSPS) is 22.5. The molecule has 3 nitrogen and oxygen atoms in total. The molecule has 0 saturated heterocycles. The maximum absolute atomic E-state index is 10.00. The van der Waals surface area contributed by atoms with Crippen LogP contribution in [0.3, 0.4) is 0 Å². The lowest BCUT2D eigenvalue weighted by Crippen LogP contribution is -2.16. The molecule has 0 amide bonds. The largest absolute Gasteiger partial charge is 0.507 e. The number of ether oxygens (including phenoxy) is 1. The first kappa shape index (κ1) is 10.4. The summed E-state index contributed by atoms with van der Waals surface area (Å²) in [4.78, 5) is 0. The van der Waals surface area contributed by atoms with Crippen LogP contribution >= 0.6 is 0 Å². The van der Waals surface area contributed by atoms with Gasteiger partial charge in [-0.3, -0.25) is 0 Å². The zero-order chi connectivity index (χ0) is 12.0. The molecule has 1 heterocycles. The summed E-state index contributed by atoms with van der Waals surface area (Å²) in [5.41, 5.74) is 0.899. The number of aromatic hydroxyl groups is 1. The van der Waals surface area contributed by atoms with E-state index in [4.69, 9.17) is 4.74 Å². The summed E-state index contributed by atoms with van der Waals surface area (Å²) < 4.78 is 5.52. The van der Waals surface area contributed by atoms with Crippen molar-refractivity contribution >= 4 is 10.8 Å². The molecule has 0 unspecified atom stereocenters. The molecule has 2 aromatic carbocycles. The first-order valence-corrected chi connectivity index (χ1v) is 5.81. The quantitative estimate of drug-likeness (QED) is 0.792. The Kier molecular flexibility index (Phi) is 2.23. The number of hydrogen-bond donors (Lipinski definition) is 2. The minimum Gasteiger partial charge on any atom is -0.507 e. The molecule has 0 aliphatic carbocycles. The summed E-state index contributed by atoms with van der Waals surface area (Å²) in [5.74, 6) is 0.897. The van der Waals surface area contributed by atoms with Crippen molar-refractivity contribution < 1.29 is 14.9 Å². The average molecular weight is 230 g/mol. The van der Waals surface area contributed by atoms with Crippen LogP contribution in [0.5, 0.6) is 11.5 Å². The molecule has 3 rings (SSSR count). The number of aliphatic hydroxyl groups excluding tert-OH is 1. The van der Waals surface area contributed by atoms with Gasteiger partial charge in [0.25, 0.3) is 0 Å². The van der Waals surface area contributed by atoms with E-state index in [-0.39, 0.29) is 11.7 Å². The molecular formula is C14H14O3. The molecule has 3 heteroatoms. The second kappa shape index (κ2) is 3.64. The lowest BCUT2D eigenvalue weighted by Gasteiger charge is -2.10. The fourth-order valence-electron chi connectivity index (χ4n) is 2.54. The molecule has 88 valence electrons. The number of phenolic OH excluding ortho intramolecular Hbond substituents is 1. The van der Waals surface area contributed by atoms with Crippen molar-refractivity contribution in [1.29, 1.82) is 0 Å². The Morgan fingerprint density at radius 1 is 1.24 bits per heavy atom. The highest BCUT2D eigenvalue weighted by Gasteiger charge is 2.33. The van der Waals surface area contributed by atoms with E-state index in [9.17, 15) is 10.2 Å². The van der Waals surface area contributed by atoms with Crippen LogP contribution in [0, 0.1) is 0 Å². The molecule has 0 fully saturated rings. The minimum absolute atomic E-state index is 0.0551. The van der Waals surface area contributed by atoms with E-state index in [1.54, 1.807) is 6.07 Å². The highest BCUT2D eigenvalue weighted by Crippen LogP contribution is 2.46. The van der Waals surface area contributed by atoms with Crippen molar-refractivity contribution in [3.63, 3.8) is 0 Å². The minimum atomic E-state index is -0.805. The van der Waals surface area contributed by atoms with Gasteiger partial charge in [-0.2, -0.15) is 0 Å². The second-order valence-electron chi connectivity index (χ2n) is 4.38. The Morgan fingerprint density at radius 2 is 1.94 bits per heavy atom. The molecule has 0 radical (unpaired) electrons. The number of fused-ring (bicyclic) bond motifs is 3. The van der Waals surface area contributed by atoms with Crippen molar-refractivity contribution in [2.45, 2.75) is 25.6 Å². The summed E-state index contributed by atoms with van der Waals surface area (Å²) in [6, 6.07) is 9.23. The molecule has 2 atom stereocenters. The van der Waals surface area contributed by atoms with Crippen molar-refractivity contribution in [1.82, 2.24) is 0 Å². The topological polar surface area (TPSA) is 49.7 Å². The Labute approximate surface area is 99.3 Å². The van der Waals surface area contributed by atoms with Crippen LogP contribution in [0.1, 0.15) is 24.8 Å². The highest BCUT2D eigenvalue weighted by atomic mass is 16.6. The molecule has 0 saturated carbocycles. The van der Waals surface area contributed by atoms with E-state index in [0.29, 0.717) is 5.75 Å². The van der Waals surface area contributed by atoms with Crippen molar-refractivity contribution in [2.24, 2.45) is 0 Å². The SMILES string of the molecule is CC[C@@H]1c2cc(O)c3ccccc3c2O[C@H]1O. The van der Waals surface area contributed by atoms with Crippen LogP contribution in [0.25, 0.3) is 10.8 Å². The van der Waals surface area contributed by atoms with Crippen LogP contribution in [-0.4, -0.2) is 16.5 Å². The molecule has 1 aliphatic heterocycles. The Morgan fingerprint density at radius 3 is 2.65 bits per heavy atom. The van der Waals surface area contributed by atoms with Crippen LogP contribution in [0.2, 0.25) is 0 Å². The lowest BCUT2D eigenvalue weighted by molar-refractivity contribution is -0.0181. The summed E-state index contributed by atoms with van der Waals surface area (Å²) in [5, 5.41) is 21.5. The summed E-state index contributed by atoms with van der Waals surface area (Å²) >= 11 is 0. The van der Waals surface area contributed by atoms with Gasteiger partial charge in [0.2, 0.25) is 6.29 Å². The van der Waals surface area contributed by atoms with E-state index in [1.165, 1.54) is 0 Å². The third-order valence-electron chi connectivity index (χ3n) is 3.42. The van der Waals surface area contributed by atoms with Crippen LogP contribution in [0.4, 0.5) is 0 Å². The zero-order valence-corrected chi connectivity index (χ0v) is 9.55. The number of aliphatic hydroxyl groups is 1. The van der Waals surface area contributed by atoms with Crippen LogP contribution < -0.4 is 4.74 Å². The Bertz CT molecular complexity index is 577. The molecule has 0 aromatic heterocycles. The van der Waals surface area contributed by atoms with Crippen LogP contribution in [-0.2, 0) is 0 Å². The van der Waals surface area contributed by atoms with Gasteiger partial charge in [0.1, 0.15) is 11.5 Å². The van der Waals surface area contributed by atoms with E-state index in [0.717, 1.165) is 22.8 Å². The monoisotopic (exact) mass is 230 g/mol. The van der Waals surface area contributed by atoms with E-state index >= 15 is 0 Å². The number of hydrogen-bond acceptors (Lipinski definition) is 3. The van der Waals surface area contributed by atoms with Crippen LogP contribution in [0.15, 0.2) is 30.3 Å². The smallest absolute Gasteiger partial charge is 0.204 e. The predicted octanol–water partition coefficient (Wildman–Crippen LogP) is 2.75. The van der Waals surface area contributed by atoms with Crippen molar-refractivity contribution in [3.8, 4) is 11.5 Å². The Hall–Kier alpha value is -1.74. The second-order valence-corrected chi connectivity index (χ2v) is 4.38. The molecular weight excluding hydrogens is 216 g/mol. The molecule has 0 bridgehead atoms. The first-order chi connectivity index (χ1) is 8.22. The highest BCUT2D eigenvalue weighted by molar-refractivity contribution is 5.94. The van der Waals surface area contributed by atoms with Crippen molar-refractivity contribution in [3.05, 3.63) is 35.9 Å². The standard InChI is InChI=1S/C14H14O3/c1-2-8-11-7-12(15)9-5-3-4-6-10(9)13(11)17-14(8)16/h3-8,14-16H,2H2,1H3/t8-,14-/m1/s1. The average Bonchev–Trinajstić information content (AvgIpc) is 2.66. The van der Waals surface area contributed by atoms with Gasteiger partial charge in [0.05, 0.1) is 0 Å². The number of phenols is 1. The zero-order valence-electron chi connectivity index (χ0n) is 9.55. The fraction of sp³-hybridized carbons (Fsp3) is 0.286. The van der Waals surface area contributed by atoms with E-state index in [1.807, 2.05) is 31.2 Å². The summed E-state index contributed by atoms with van der Waals surface area (Å²) in [7, 11) is 0. The summed E-state index contributed by atoms with van der Waals surface area (Å²) in [6.07, 6.45) is -0.0217. The van der Waals surface area contributed by atoms with Gasteiger partial charge in [0.15, 0.2) is 0 Å². The molecule has 0 spiro atoms. The summed E-state index contributed by atoms with van der Waals surface area (Å²) in [6.45, 7) is 2.00.